The first-order valence-corrected chi connectivity index (χ1v) is 9.19. The second-order valence-electron chi connectivity index (χ2n) is 5.43. The molecular weight excluding hydrogens is 376 g/mol. The first kappa shape index (κ1) is 18.5. The number of halogens is 2. The Balaban J connectivity index is 1.74. The molecule has 0 saturated carbocycles. The molecule has 0 aliphatic rings. The summed E-state index contributed by atoms with van der Waals surface area (Å²) >= 11 is 0. The Morgan fingerprint density at radius 2 is 1.44 bits per heavy atom. The van der Waals surface area contributed by atoms with E-state index in [1.807, 2.05) is 0 Å². The highest BCUT2D eigenvalue weighted by atomic mass is 32.2. The van der Waals surface area contributed by atoms with Gasteiger partial charge >= 0.3 is 6.09 Å². The van der Waals surface area contributed by atoms with Crippen LogP contribution in [0.15, 0.2) is 82.6 Å². The lowest BCUT2D eigenvalue weighted by molar-refractivity contribution is 0.215. The summed E-state index contributed by atoms with van der Waals surface area (Å²) in [6.07, 6.45) is -0.739. The van der Waals surface area contributed by atoms with Gasteiger partial charge in [0.25, 0.3) is 0 Å². The molecule has 3 aromatic carbocycles. The third-order valence-electron chi connectivity index (χ3n) is 3.57. The van der Waals surface area contributed by atoms with E-state index in [0.717, 1.165) is 12.1 Å². The number of hydrogen-bond acceptors (Lipinski definition) is 4. The highest BCUT2D eigenvalue weighted by Crippen LogP contribution is 2.24. The fraction of sp³-hybridized carbons (Fsp3) is 0. The average Bonchev–Trinajstić information content (AvgIpc) is 2.65. The van der Waals surface area contributed by atoms with Crippen LogP contribution in [0.2, 0.25) is 0 Å². The number of para-hydroxylation sites is 1. The lowest BCUT2D eigenvalue weighted by atomic mass is 10.3. The van der Waals surface area contributed by atoms with Crippen molar-refractivity contribution in [3.63, 3.8) is 0 Å². The van der Waals surface area contributed by atoms with E-state index < -0.39 is 27.6 Å². The molecule has 0 radical (unpaired) electrons. The number of nitrogens with one attached hydrogen (secondary N) is 1. The zero-order valence-corrected chi connectivity index (χ0v) is 14.5. The van der Waals surface area contributed by atoms with Crippen LogP contribution in [0.1, 0.15) is 0 Å². The van der Waals surface area contributed by atoms with Gasteiger partial charge in [-0.1, -0.05) is 18.2 Å². The first-order valence-electron chi connectivity index (χ1n) is 7.70. The number of sulfone groups is 1. The predicted molar refractivity (Wildman–Crippen MR) is 94.3 cm³/mol. The quantitative estimate of drug-likeness (QED) is 0.671. The van der Waals surface area contributed by atoms with Crippen molar-refractivity contribution in [3.8, 4) is 5.75 Å². The molecule has 1 N–H and O–H groups in total. The molecule has 0 aliphatic heterocycles. The smallest absolute Gasteiger partial charge is 0.410 e. The van der Waals surface area contributed by atoms with Gasteiger partial charge in [-0.3, -0.25) is 5.32 Å². The van der Waals surface area contributed by atoms with E-state index in [0.29, 0.717) is 17.5 Å². The summed E-state index contributed by atoms with van der Waals surface area (Å²) in [4.78, 5) is 11.3. The maximum absolute atomic E-state index is 13.3. The zero-order chi connectivity index (χ0) is 19.4. The molecule has 27 heavy (non-hydrogen) atoms. The molecule has 5 nitrogen and oxygen atoms in total. The van der Waals surface area contributed by atoms with Gasteiger partial charge < -0.3 is 4.74 Å². The first-order chi connectivity index (χ1) is 12.9. The van der Waals surface area contributed by atoms with Crippen LogP contribution in [0.3, 0.4) is 0 Å². The molecule has 0 atom stereocenters. The predicted octanol–water partition coefficient (Wildman–Crippen LogP) is 4.41. The standard InChI is InChI=1S/C19H13F2NO4S/c20-17-11-10-16(12-18(17)21)27(24,25)15-8-6-13(7-9-15)22-19(23)26-14-4-2-1-3-5-14/h1-12H,(H,22,23). The molecule has 0 fully saturated rings. The molecule has 0 aromatic heterocycles. The number of anilines is 1. The van der Waals surface area contributed by atoms with Crippen molar-refractivity contribution < 1.29 is 26.7 Å². The van der Waals surface area contributed by atoms with Gasteiger partial charge in [0.1, 0.15) is 5.75 Å². The summed E-state index contributed by atoms with van der Waals surface area (Å²) in [5.74, 6) is -2.03. The Kier molecular flexibility index (Phi) is 5.18. The van der Waals surface area contributed by atoms with Gasteiger partial charge in [0, 0.05) is 5.69 Å². The van der Waals surface area contributed by atoms with Gasteiger partial charge in [-0.15, -0.1) is 0 Å². The third kappa shape index (κ3) is 4.29. The van der Waals surface area contributed by atoms with Gasteiger partial charge in [-0.2, -0.15) is 0 Å². The second kappa shape index (κ2) is 7.55. The normalized spacial score (nSPS) is 11.0. The SMILES string of the molecule is O=C(Nc1ccc(S(=O)(=O)c2ccc(F)c(F)c2)cc1)Oc1ccccc1. The monoisotopic (exact) mass is 389 g/mol. The van der Waals surface area contributed by atoms with Crippen molar-refractivity contribution in [2.24, 2.45) is 0 Å². The summed E-state index contributed by atoms with van der Waals surface area (Å²) < 4.78 is 56.3. The molecular formula is C19H13F2NO4S. The summed E-state index contributed by atoms with van der Waals surface area (Å²) in [5, 5.41) is 2.46. The molecule has 0 saturated heterocycles. The van der Waals surface area contributed by atoms with E-state index in [9.17, 15) is 22.0 Å². The Labute approximate surface area is 154 Å². The highest BCUT2D eigenvalue weighted by Gasteiger charge is 2.19. The van der Waals surface area contributed by atoms with Crippen molar-refractivity contribution in [1.82, 2.24) is 0 Å². The van der Waals surface area contributed by atoms with E-state index in [2.05, 4.69) is 5.32 Å². The summed E-state index contributed by atoms with van der Waals surface area (Å²) in [6.45, 7) is 0. The minimum absolute atomic E-state index is 0.129. The molecule has 138 valence electrons. The van der Waals surface area contributed by atoms with Gasteiger partial charge in [-0.25, -0.2) is 22.0 Å². The van der Waals surface area contributed by atoms with E-state index in [-0.39, 0.29) is 9.79 Å². The van der Waals surface area contributed by atoms with Crippen LogP contribution < -0.4 is 10.1 Å². The van der Waals surface area contributed by atoms with Crippen LogP contribution in [0, 0.1) is 11.6 Å². The molecule has 8 heteroatoms. The van der Waals surface area contributed by atoms with E-state index in [1.54, 1.807) is 30.3 Å². The zero-order valence-electron chi connectivity index (χ0n) is 13.7. The molecule has 0 heterocycles. The van der Waals surface area contributed by atoms with Crippen LogP contribution in [0.4, 0.5) is 19.3 Å². The third-order valence-corrected chi connectivity index (χ3v) is 5.33. The fourth-order valence-corrected chi connectivity index (χ4v) is 3.51. The van der Waals surface area contributed by atoms with Crippen LogP contribution in [-0.2, 0) is 9.84 Å². The lowest BCUT2D eigenvalue weighted by Crippen LogP contribution is -2.16. The average molecular weight is 389 g/mol. The van der Waals surface area contributed by atoms with Crippen LogP contribution in [0.25, 0.3) is 0 Å². The number of carbonyl (C=O) groups is 1. The van der Waals surface area contributed by atoms with Gasteiger partial charge in [-0.05, 0) is 54.6 Å². The maximum atomic E-state index is 13.3. The number of amides is 1. The summed E-state index contributed by atoms with van der Waals surface area (Å²) in [6, 6.07) is 16.0. The lowest BCUT2D eigenvalue weighted by Gasteiger charge is -2.08. The minimum atomic E-state index is -4.02. The fourth-order valence-electron chi connectivity index (χ4n) is 2.24. The van der Waals surface area contributed by atoms with Crippen LogP contribution >= 0.6 is 0 Å². The highest BCUT2D eigenvalue weighted by molar-refractivity contribution is 7.91. The minimum Gasteiger partial charge on any atom is -0.410 e. The Morgan fingerprint density at radius 1 is 0.815 bits per heavy atom. The van der Waals surface area contributed by atoms with E-state index in [4.69, 9.17) is 4.74 Å². The molecule has 0 spiro atoms. The second-order valence-corrected chi connectivity index (χ2v) is 7.38. The van der Waals surface area contributed by atoms with Crippen molar-refractivity contribution in [2.45, 2.75) is 9.79 Å². The Bertz CT molecular complexity index is 1070. The van der Waals surface area contributed by atoms with Crippen LogP contribution in [0.5, 0.6) is 5.75 Å². The van der Waals surface area contributed by atoms with Gasteiger partial charge in [0.05, 0.1) is 9.79 Å². The molecule has 0 aliphatic carbocycles. The molecule has 0 unspecified atom stereocenters. The maximum Gasteiger partial charge on any atom is 0.417 e. The Morgan fingerprint density at radius 3 is 2.07 bits per heavy atom. The van der Waals surface area contributed by atoms with E-state index >= 15 is 0 Å². The number of hydrogen-bond donors (Lipinski definition) is 1. The van der Waals surface area contributed by atoms with E-state index in [1.165, 1.54) is 24.3 Å². The number of carbonyl (C=O) groups excluding carboxylic acids is 1. The topological polar surface area (TPSA) is 72.5 Å². The number of ether oxygens (including phenoxy) is 1. The summed E-state index contributed by atoms with van der Waals surface area (Å²) in [7, 11) is -4.02. The molecule has 1 amide bonds. The van der Waals surface area contributed by atoms with Gasteiger partial charge in [0.2, 0.25) is 9.84 Å². The van der Waals surface area contributed by atoms with Crippen molar-refractivity contribution in [3.05, 3.63) is 84.4 Å². The Hall–Kier alpha value is -3.26. The molecule has 3 rings (SSSR count). The van der Waals surface area contributed by atoms with Crippen molar-refractivity contribution in [2.75, 3.05) is 5.32 Å². The number of benzene rings is 3. The largest absolute Gasteiger partial charge is 0.417 e. The van der Waals surface area contributed by atoms with Crippen molar-refractivity contribution in [1.29, 1.82) is 0 Å². The van der Waals surface area contributed by atoms with Crippen molar-refractivity contribution >= 4 is 21.6 Å². The summed E-state index contributed by atoms with van der Waals surface area (Å²) in [5.41, 5.74) is 0.306. The molecule has 3 aromatic rings. The number of rotatable bonds is 4. The molecule has 0 bridgehead atoms. The van der Waals surface area contributed by atoms with Crippen LogP contribution in [-0.4, -0.2) is 14.5 Å². The van der Waals surface area contributed by atoms with Gasteiger partial charge in [0.15, 0.2) is 11.6 Å².